The fourth-order valence-electron chi connectivity index (χ4n) is 3.13. The smallest absolute Gasteiger partial charge is 0.316 e. The van der Waals surface area contributed by atoms with Crippen molar-refractivity contribution < 1.29 is 14.3 Å². The molecule has 146 valence electrons. The molecule has 5 nitrogen and oxygen atoms in total. The van der Waals surface area contributed by atoms with Crippen molar-refractivity contribution in [3.8, 4) is 0 Å². The summed E-state index contributed by atoms with van der Waals surface area (Å²) >= 11 is 1.40. The summed E-state index contributed by atoms with van der Waals surface area (Å²) in [7, 11) is 0. The van der Waals surface area contributed by atoms with Gasteiger partial charge in [0, 0.05) is 11.3 Å². The van der Waals surface area contributed by atoms with Crippen LogP contribution in [0.2, 0.25) is 0 Å². The number of nitrogens with zero attached hydrogens (tertiary/aromatic N) is 2. The predicted molar refractivity (Wildman–Crippen MR) is 115 cm³/mol. The molecule has 4 rings (SSSR count). The Labute approximate surface area is 173 Å². The zero-order valence-electron chi connectivity index (χ0n) is 15.8. The fraction of sp³-hybridized carbons (Fsp3) is 0.174. The first-order valence-corrected chi connectivity index (χ1v) is 10.4. The van der Waals surface area contributed by atoms with Gasteiger partial charge in [0.05, 0.1) is 18.0 Å². The number of ether oxygens (including phenoxy) is 1. The Balaban J connectivity index is 1.26. The maximum Gasteiger partial charge on any atom is 0.316 e. The Hall–Kier alpha value is -3.12. The van der Waals surface area contributed by atoms with E-state index in [2.05, 4.69) is 5.10 Å². The van der Waals surface area contributed by atoms with Gasteiger partial charge in [-0.25, -0.2) is 5.01 Å². The van der Waals surface area contributed by atoms with Crippen molar-refractivity contribution in [2.24, 2.45) is 5.10 Å². The Morgan fingerprint density at radius 3 is 2.55 bits per heavy atom. The maximum atomic E-state index is 12.3. The number of thioether (sulfide) groups is 1. The summed E-state index contributed by atoms with van der Waals surface area (Å²) in [5, 5.41) is 8.03. The van der Waals surface area contributed by atoms with E-state index in [1.54, 1.807) is 0 Å². The van der Waals surface area contributed by atoms with Crippen molar-refractivity contribution in [1.29, 1.82) is 0 Å². The number of rotatable bonds is 6. The SMILES string of the molecule is O=C(CSc1ccc2ccccc2c1)OCC(=O)N1CCC(c2ccccc2)=N1. The van der Waals surface area contributed by atoms with Crippen molar-refractivity contribution >= 4 is 40.1 Å². The standard InChI is InChI=1S/C23H20N2O3S/c26-22(25-13-12-21(24-25)18-7-2-1-3-8-18)15-28-23(27)16-29-20-11-10-17-6-4-5-9-19(17)14-20/h1-11,14H,12-13,15-16H2. The molecule has 1 aliphatic rings. The van der Waals surface area contributed by atoms with E-state index in [4.69, 9.17) is 4.74 Å². The van der Waals surface area contributed by atoms with Crippen LogP contribution in [0.25, 0.3) is 10.8 Å². The number of esters is 1. The van der Waals surface area contributed by atoms with E-state index in [9.17, 15) is 9.59 Å². The van der Waals surface area contributed by atoms with Gasteiger partial charge < -0.3 is 4.74 Å². The first-order chi connectivity index (χ1) is 14.2. The highest BCUT2D eigenvalue weighted by atomic mass is 32.2. The second kappa shape index (κ2) is 8.92. The Morgan fingerprint density at radius 2 is 1.72 bits per heavy atom. The molecule has 0 atom stereocenters. The zero-order chi connectivity index (χ0) is 20.1. The summed E-state index contributed by atoms with van der Waals surface area (Å²) in [6, 6.07) is 23.9. The minimum absolute atomic E-state index is 0.157. The van der Waals surface area contributed by atoms with Crippen LogP contribution < -0.4 is 0 Å². The molecule has 0 spiro atoms. The Kier molecular flexibility index (Phi) is 5.91. The third-order valence-corrected chi connectivity index (χ3v) is 5.60. The lowest BCUT2D eigenvalue weighted by Gasteiger charge is -2.11. The highest BCUT2D eigenvalue weighted by Crippen LogP contribution is 2.23. The van der Waals surface area contributed by atoms with Gasteiger partial charge >= 0.3 is 5.97 Å². The lowest BCUT2D eigenvalue weighted by atomic mass is 10.1. The van der Waals surface area contributed by atoms with E-state index in [0.717, 1.165) is 26.9 Å². The van der Waals surface area contributed by atoms with Crippen LogP contribution in [0, 0.1) is 0 Å². The van der Waals surface area contributed by atoms with E-state index in [1.807, 2.05) is 72.8 Å². The summed E-state index contributed by atoms with van der Waals surface area (Å²) in [4.78, 5) is 25.3. The average Bonchev–Trinajstić information content (AvgIpc) is 3.27. The molecule has 0 unspecified atom stereocenters. The van der Waals surface area contributed by atoms with Gasteiger partial charge in [-0.1, -0.05) is 60.7 Å². The molecule has 0 bridgehead atoms. The first-order valence-electron chi connectivity index (χ1n) is 9.39. The number of hydrazone groups is 1. The van der Waals surface area contributed by atoms with Gasteiger partial charge in [0.1, 0.15) is 0 Å². The summed E-state index contributed by atoms with van der Waals surface area (Å²) in [6.45, 7) is 0.217. The Morgan fingerprint density at radius 1 is 0.966 bits per heavy atom. The molecule has 0 N–H and O–H groups in total. The monoisotopic (exact) mass is 404 g/mol. The normalized spacial score (nSPS) is 13.4. The highest BCUT2D eigenvalue weighted by Gasteiger charge is 2.22. The van der Waals surface area contributed by atoms with E-state index in [-0.39, 0.29) is 18.3 Å². The number of amides is 1. The molecule has 0 aliphatic carbocycles. The maximum absolute atomic E-state index is 12.3. The third-order valence-electron chi connectivity index (χ3n) is 4.63. The second-order valence-electron chi connectivity index (χ2n) is 6.64. The summed E-state index contributed by atoms with van der Waals surface area (Å²) in [6.07, 6.45) is 0.696. The highest BCUT2D eigenvalue weighted by molar-refractivity contribution is 8.00. The van der Waals surface area contributed by atoms with Gasteiger partial charge in [-0.15, -0.1) is 11.8 Å². The van der Waals surface area contributed by atoms with Gasteiger partial charge in [0.2, 0.25) is 0 Å². The van der Waals surface area contributed by atoms with Crippen LogP contribution in [0.1, 0.15) is 12.0 Å². The van der Waals surface area contributed by atoms with Crippen molar-refractivity contribution in [2.75, 3.05) is 18.9 Å². The summed E-state index contributed by atoms with van der Waals surface area (Å²) < 4.78 is 5.15. The number of benzene rings is 3. The van der Waals surface area contributed by atoms with Gasteiger partial charge in [-0.2, -0.15) is 5.10 Å². The van der Waals surface area contributed by atoms with E-state index in [0.29, 0.717) is 13.0 Å². The van der Waals surface area contributed by atoms with Crippen LogP contribution in [-0.4, -0.2) is 41.5 Å². The number of hydrogen-bond donors (Lipinski definition) is 0. The van der Waals surface area contributed by atoms with Crippen LogP contribution in [0.15, 0.2) is 82.8 Å². The van der Waals surface area contributed by atoms with Gasteiger partial charge in [0.25, 0.3) is 5.91 Å². The molecule has 1 aliphatic heterocycles. The second-order valence-corrected chi connectivity index (χ2v) is 7.69. The van der Waals surface area contributed by atoms with Crippen LogP contribution in [-0.2, 0) is 14.3 Å². The zero-order valence-corrected chi connectivity index (χ0v) is 16.6. The van der Waals surface area contributed by atoms with Crippen LogP contribution in [0.4, 0.5) is 0 Å². The first kappa shape index (κ1) is 19.2. The minimum atomic E-state index is -0.414. The van der Waals surface area contributed by atoms with Crippen molar-refractivity contribution in [1.82, 2.24) is 5.01 Å². The molecule has 3 aromatic rings. The van der Waals surface area contributed by atoms with Gasteiger partial charge in [-0.05, 0) is 28.5 Å². The molecule has 0 radical (unpaired) electrons. The lowest BCUT2D eigenvalue weighted by Crippen LogP contribution is -2.29. The van der Waals surface area contributed by atoms with Gasteiger partial charge in [-0.3, -0.25) is 9.59 Å². The number of fused-ring (bicyclic) bond motifs is 1. The number of hydrogen-bond acceptors (Lipinski definition) is 5. The average molecular weight is 404 g/mol. The van der Waals surface area contributed by atoms with Crippen molar-refractivity contribution in [2.45, 2.75) is 11.3 Å². The number of carbonyl (C=O) groups is 2. The molecule has 1 heterocycles. The van der Waals surface area contributed by atoms with Crippen LogP contribution in [0.5, 0.6) is 0 Å². The predicted octanol–water partition coefficient (Wildman–Crippen LogP) is 4.11. The molecule has 3 aromatic carbocycles. The fourth-order valence-corrected chi connectivity index (χ4v) is 3.87. The minimum Gasteiger partial charge on any atom is -0.455 e. The van der Waals surface area contributed by atoms with E-state index < -0.39 is 5.97 Å². The summed E-state index contributed by atoms with van der Waals surface area (Å²) in [5.41, 5.74) is 1.88. The molecule has 0 fully saturated rings. The molecule has 0 aromatic heterocycles. The van der Waals surface area contributed by atoms with Crippen LogP contribution >= 0.6 is 11.8 Å². The topological polar surface area (TPSA) is 59.0 Å². The van der Waals surface area contributed by atoms with E-state index >= 15 is 0 Å². The number of carbonyl (C=O) groups excluding carboxylic acids is 2. The molecular weight excluding hydrogens is 384 g/mol. The lowest BCUT2D eigenvalue weighted by molar-refractivity contribution is -0.149. The van der Waals surface area contributed by atoms with E-state index in [1.165, 1.54) is 16.8 Å². The third kappa shape index (κ3) is 4.84. The molecule has 6 heteroatoms. The molecular formula is C23H20N2O3S. The summed E-state index contributed by atoms with van der Waals surface area (Å²) in [5.74, 6) is -0.563. The quantitative estimate of drug-likeness (QED) is 0.458. The molecule has 29 heavy (non-hydrogen) atoms. The van der Waals surface area contributed by atoms with Crippen molar-refractivity contribution in [3.63, 3.8) is 0 Å². The molecule has 1 amide bonds. The van der Waals surface area contributed by atoms with Gasteiger partial charge in [0.15, 0.2) is 6.61 Å². The molecule has 0 saturated heterocycles. The van der Waals surface area contributed by atoms with Crippen LogP contribution in [0.3, 0.4) is 0 Å². The Bertz CT molecular complexity index is 1070. The molecule has 0 saturated carbocycles. The van der Waals surface area contributed by atoms with Crippen molar-refractivity contribution in [3.05, 3.63) is 78.4 Å². The largest absolute Gasteiger partial charge is 0.455 e.